The van der Waals surface area contributed by atoms with Gasteiger partial charge in [-0.05, 0) is 17.7 Å². The van der Waals surface area contributed by atoms with Crippen LogP contribution in [-0.4, -0.2) is 37.1 Å². The lowest BCUT2D eigenvalue weighted by molar-refractivity contribution is -0.00161. The number of alkyl halides is 1. The molecule has 1 aliphatic rings. The third-order valence-electron chi connectivity index (χ3n) is 2.97. The lowest BCUT2D eigenvalue weighted by Crippen LogP contribution is -2.39. The molecule has 0 aliphatic carbocycles. The largest absolute Gasteiger partial charge is 0.378 e. The molecule has 1 aromatic rings. The lowest BCUT2D eigenvalue weighted by atomic mass is 10.0. The molecule has 0 spiro atoms. The standard InChI is InChI=1S/C14H15ClFNO/c15-7-1-2-8-17-9-10-18-11-14(17)12-3-5-13(16)6-4-12/h3-6,14H,7-11H2/t14-/m1/s1. The van der Waals surface area contributed by atoms with E-state index in [1.165, 1.54) is 12.1 Å². The number of nitrogens with zero attached hydrogens (tertiary/aromatic N) is 1. The fourth-order valence-corrected chi connectivity index (χ4v) is 2.12. The topological polar surface area (TPSA) is 12.5 Å². The molecule has 0 N–H and O–H groups in total. The number of hydrogen-bond acceptors (Lipinski definition) is 2. The minimum Gasteiger partial charge on any atom is -0.378 e. The normalized spacial score (nSPS) is 20.2. The van der Waals surface area contributed by atoms with Crippen molar-refractivity contribution in [2.75, 3.05) is 32.2 Å². The Bertz CT molecular complexity index is 437. The first-order valence-electron chi connectivity index (χ1n) is 5.90. The van der Waals surface area contributed by atoms with Crippen molar-refractivity contribution < 1.29 is 9.13 Å². The van der Waals surface area contributed by atoms with Crippen molar-refractivity contribution in [1.82, 2.24) is 4.90 Å². The van der Waals surface area contributed by atoms with Gasteiger partial charge in [-0.15, -0.1) is 11.6 Å². The van der Waals surface area contributed by atoms with E-state index in [1.54, 1.807) is 12.1 Å². The second kappa shape index (κ2) is 6.75. The van der Waals surface area contributed by atoms with Crippen molar-refractivity contribution in [2.24, 2.45) is 0 Å². The molecule has 96 valence electrons. The maximum absolute atomic E-state index is 12.9. The zero-order chi connectivity index (χ0) is 12.8. The number of halogens is 2. The van der Waals surface area contributed by atoms with Crippen LogP contribution in [-0.2, 0) is 4.74 Å². The summed E-state index contributed by atoms with van der Waals surface area (Å²) < 4.78 is 18.4. The summed E-state index contributed by atoms with van der Waals surface area (Å²) in [6.45, 7) is 2.82. The molecule has 1 aromatic carbocycles. The molecule has 1 heterocycles. The highest BCUT2D eigenvalue weighted by atomic mass is 35.5. The van der Waals surface area contributed by atoms with Gasteiger partial charge in [0, 0.05) is 6.54 Å². The van der Waals surface area contributed by atoms with E-state index in [0.717, 1.165) is 12.1 Å². The fourth-order valence-electron chi connectivity index (χ4n) is 2.02. The summed E-state index contributed by atoms with van der Waals surface area (Å²) in [6, 6.07) is 6.70. The maximum atomic E-state index is 12.9. The first-order chi connectivity index (χ1) is 8.81. The van der Waals surface area contributed by atoms with Gasteiger partial charge >= 0.3 is 0 Å². The molecule has 1 aliphatic heterocycles. The highest BCUT2D eigenvalue weighted by molar-refractivity contribution is 6.19. The Morgan fingerprint density at radius 3 is 2.83 bits per heavy atom. The summed E-state index contributed by atoms with van der Waals surface area (Å²) in [4.78, 5) is 2.23. The minimum absolute atomic E-state index is 0.143. The molecule has 1 fully saturated rings. The van der Waals surface area contributed by atoms with Crippen LogP contribution in [0.3, 0.4) is 0 Å². The van der Waals surface area contributed by atoms with E-state index in [4.69, 9.17) is 16.3 Å². The van der Waals surface area contributed by atoms with Gasteiger partial charge in [-0.1, -0.05) is 24.0 Å². The summed E-state index contributed by atoms with van der Waals surface area (Å²) >= 11 is 5.53. The molecular weight excluding hydrogens is 253 g/mol. The molecule has 0 amide bonds. The molecule has 2 rings (SSSR count). The molecule has 0 radical (unpaired) electrons. The second-order valence-corrected chi connectivity index (χ2v) is 4.37. The Kier molecular flexibility index (Phi) is 5.00. The molecule has 0 bridgehead atoms. The summed E-state index contributed by atoms with van der Waals surface area (Å²) in [7, 11) is 0. The van der Waals surface area contributed by atoms with Crippen LogP contribution in [0.1, 0.15) is 11.6 Å². The van der Waals surface area contributed by atoms with Gasteiger partial charge in [0.1, 0.15) is 5.82 Å². The van der Waals surface area contributed by atoms with Crippen molar-refractivity contribution in [2.45, 2.75) is 6.04 Å². The van der Waals surface area contributed by atoms with Crippen LogP contribution in [0.4, 0.5) is 4.39 Å². The van der Waals surface area contributed by atoms with E-state index >= 15 is 0 Å². The van der Waals surface area contributed by atoms with E-state index in [9.17, 15) is 4.39 Å². The summed E-state index contributed by atoms with van der Waals surface area (Å²) in [6.07, 6.45) is 0. The van der Waals surface area contributed by atoms with Crippen molar-refractivity contribution in [3.63, 3.8) is 0 Å². The maximum Gasteiger partial charge on any atom is 0.123 e. The van der Waals surface area contributed by atoms with Gasteiger partial charge in [-0.2, -0.15) is 0 Å². The van der Waals surface area contributed by atoms with Gasteiger partial charge in [0.15, 0.2) is 0 Å². The van der Waals surface area contributed by atoms with Crippen LogP contribution in [0.5, 0.6) is 0 Å². The zero-order valence-corrected chi connectivity index (χ0v) is 10.8. The van der Waals surface area contributed by atoms with Gasteiger partial charge in [-0.3, -0.25) is 4.90 Å². The van der Waals surface area contributed by atoms with Crippen LogP contribution in [0, 0.1) is 17.7 Å². The summed E-state index contributed by atoms with van der Waals surface area (Å²) in [5.41, 5.74) is 1.06. The first kappa shape index (κ1) is 13.4. The highest BCUT2D eigenvalue weighted by Gasteiger charge is 2.23. The van der Waals surface area contributed by atoms with Gasteiger partial charge in [0.2, 0.25) is 0 Å². The molecule has 4 heteroatoms. The number of benzene rings is 1. The van der Waals surface area contributed by atoms with Crippen molar-refractivity contribution in [3.8, 4) is 11.8 Å². The fraction of sp³-hybridized carbons (Fsp3) is 0.429. The Morgan fingerprint density at radius 1 is 1.33 bits per heavy atom. The minimum atomic E-state index is -0.219. The van der Waals surface area contributed by atoms with E-state index in [0.29, 0.717) is 25.6 Å². The van der Waals surface area contributed by atoms with E-state index in [1.807, 2.05) is 0 Å². The quantitative estimate of drug-likeness (QED) is 0.603. The molecule has 2 nitrogen and oxygen atoms in total. The Hall–Kier alpha value is -1.08. The van der Waals surface area contributed by atoms with Crippen molar-refractivity contribution in [3.05, 3.63) is 35.6 Å². The van der Waals surface area contributed by atoms with Crippen LogP contribution in [0.25, 0.3) is 0 Å². The average molecular weight is 268 g/mol. The van der Waals surface area contributed by atoms with Crippen LogP contribution >= 0.6 is 11.6 Å². The third-order valence-corrected chi connectivity index (χ3v) is 3.10. The van der Waals surface area contributed by atoms with Gasteiger partial charge in [0.05, 0.1) is 31.7 Å². The highest BCUT2D eigenvalue weighted by Crippen LogP contribution is 2.23. The van der Waals surface area contributed by atoms with E-state index in [-0.39, 0.29) is 11.9 Å². The molecule has 1 saturated heterocycles. The number of morpholine rings is 1. The van der Waals surface area contributed by atoms with Gasteiger partial charge in [0.25, 0.3) is 0 Å². The zero-order valence-electron chi connectivity index (χ0n) is 10.0. The second-order valence-electron chi connectivity index (χ2n) is 4.10. The summed E-state index contributed by atoms with van der Waals surface area (Å²) in [5.74, 6) is 6.01. The Labute approximate surface area is 112 Å². The molecule has 0 saturated carbocycles. The molecular formula is C14H15ClFNO. The summed E-state index contributed by atoms with van der Waals surface area (Å²) in [5, 5.41) is 0. The average Bonchev–Trinajstić information content (AvgIpc) is 2.41. The smallest absolute Gasteiger partial charge is 0.123 e. The van der Waals surface area contributed by atoms with Crippen LogP contribution in [0.15, 0.2) is 24.3 Å². The number of ether oxygens (including phenoxy) is 1. The number of rotatable bonds is 2. The SMILES string of the molecule is Fc1ccc([C@H]2COCCN2CC#CCCl)cc1. The molecule has 18 heavy (non-hydrogen) atoms. The first-order valence-corrected chi connectivity index (χ1v) is 6.43. The van der Waals surface area contributed by atoms with Crippen molar-refractivity contribution in [1.29, 1.82) is 0 Å². The lowest BCUT2D eigenvalue weighted by Gasteiger charge is -2.34. The number of hydrogen-bond donors (Lipinski definition) is 0. The molecule has 1 atom stereocenters. The van der Waals surface area contributed by atoms with Gasteiger partial charge < -0.3 is 4.74 Å². The van der Waals surface area contributed by atoms with Crippen molar-refractivity contribution >= 4 is 11.6 Å². The van der Waals surface area contributed by atoms with Gasteiger partial charge in [-0.25, -0.2) is 4.39 Å². The third kappa shape index (κ3) is 3.46. The molecule has 0 unspecified atom stereocenters. The predicted octanol–water partition coefficient (Wildman–Crippen LogP) is 2.44. The molecule has 0 aromatic heterocycles. The van der Waals surface area contributed by atoms with E-state index < -0.39 is 0 Å². The van der Waals surface area contributed by atoms with Crippen LogP contribution < -0.4 is 0 Å². The Balaban J connectivity index is 2.09. The van der Waals surface area contributed by atoms with E-state index in [2.05, 4.69) is 16.7 Å². The predicted molar refractivity (Wildman–Crippen MR) is 70.0 cm³/mol. The Morgan fingerprint density at radius 2 is 2.11 bits per heavy atom. The van der Waals surface area contributed by atoms with Crippen LogP contribution in [0.2, 0.25) is 0 Å². The monoisotopic (exact) mass is 267 g/mol.